The Morgan fingerprint density at radius 2 is 1.53 bits per heavy atom. The molecule has 1 atom stereocenters. The van der Waals surface area contributed by atoms with Crippen LogP contribution in [-0.4, -0.2) is 0 Å². The van der Waals surface area contributed by atoms with Gasteiger partial charge >= 0.3 is 37.9 Å². The number of thiol groups is 1. The number of benzene rings is 3. The molecule has 0 aromatic heterocycles. The molecule has 1 unspecified atom stereocenters. The van der Waals surface area contributed by atoms with Crippen LogP contribution in [0.1, 0.15) is 17.0 Å². The molecule has 30 heavy (non-hydrogen) atoms. The predicted octanol–water partition coefficient (Wildman–Crippen LogP) is 8.73. The second-order valence-corrected chi connectivity index (χ2v) is 12.8. The second-order valence-electron chi connectivity index (χ2n) is 6.53. The second kappa shape index (κ2) is 11.5. The van der Waals surface area contributed by atoms with Crippen LogP contribution in [0, 0.1) is 6.07 Å². The Balaban J connectivity index is 0.000000147. The van der Waals surface area contributed by atoms with Crippen molar-refractivity contribution in [2.75, 3.05) is 0 Å². The van der Waals surface area contributed by atoms with Gasteiger partial charge in [0.05, 0.1) is 3.81 Å². The average molecular weight is 611 g/mol. The first-order valence-electron chi connectivity index (χ1n) is 8.98. The van der Waals surface area contributed by atoms with Gasteiger partial charge in [-0.1, -0.05) is 54.2 Å². The van der Waals surface area contributed by atoms with Crippen LogP contribution in [0.3, 0.4) is 0 Å². The molecule has 0 bridgehead atoms. The zero-order chi connectivity index (χ0) is 20.2. The molecule has 152 valence electrons. The number of thioether (sulfide) groups is 1. The van der Waals surface area contributed by atoms with Crippen molar-refractivity contribution in [3.8, 4) is 0 Å². The minimum Gasteiger partial charge on any atom is -0.813 e. The van der Waals surface area contributed by atoms with Gasteiger partial charge in [0.25, 0.3) is 0 Å². The summed E-state index contributed by atoms with van der Waals surface area (Å²) in [5.74, 6) is 0.492. The van der Waals surface area contributed by atoms with Gasteiger partial charge in [0.2, 0.25) is 0 Å². The van der Waals surface area contributed by atoms with Gasteiger partial charge in [0.1, 0.15) is 0 Å². The largest absolute Gasteiger partial charge is 0.813 e. The fourth-order valence-corrected chi connectivity index (χ4v) is 5.44. The van der Waals surface area contributed by atoms with Gasteiger partial charge in [-0.2, -0.15) is 0 Å². The zero-order valence-corrected chi connectivity index (χ0v) is 22.9. The topological polar surface area (TPSA) is 0 Å². The summed E-state index contributed by atoms with van der Waals surface area (Å²) in [6.45, 7) is 0. The summed E-state index contributed by atoms with van der Waals surface area (Å²) in [5.41, 5.74) is 2.64. The third-order valence-corrected chi connectivity index (χ3v) is 6.57. The maximum Gasteiger partial charge on any atom is -0.0771 e. The van der Waals surface area contributed by atoms with Crippen molar-refractivity contribution in [3.63, 3.8) is 0 Å². The Kier molecular flexibility index (Phi) is 9.31. The van der Waals surface area contributed by atoms with Crippen LogP contribution < -0.4 is 0 Å². The van der Waals surface area contributed by atoms with E-state index in [1.54, 1.807) is 0 Å². The van der Waals surface area contributed by atoms with Gasteiger partial charge < -0.3 is 13.5 Å². The van der Waals surface area contributed by atoms with Gasteiger partial charge in [-0.05, 0) is 26.8 Å². The summed E-state index contributed by atoms with van der Waals surface area (Å²) in [5, 5.41) is 5.39. The molecular formula is C24H16BrCl2S2Zr-3. The van der Waals surface area contributed by atoms with Crippen molar-refractivity contribution in [3.05, 3.63) is 105 Å². The van der Waals surface area contributed by atoms with E-state index in [1.807, 2.05) is 17.8 Å². The number of halogens is 3. The van der Waals surface area contributed by atoms with Crippen molar-refractivity contribution in [2.24, 2.45) is 0 Å². The van der Waals surface area contributed by atoms with E-state index in [4.69, 9.17) is 17.0 Å². The number of fused-ring (bicyclic) bond motifs is 6. The smallest absolute Gasteiger partial charge is 0.0771 e. The molecule has 0 saturated carbocycles. The fraction of sp³-hybridized carbons (Fsp3) is 0.0417. The van der Waals surface area contributed by atoms with E-state index >= 15 is 0 Å². The summed E-state index contributed by atoms with van der Waals surface area (Å²) in [4.78, 5) is 1.42. The average Bonchev–Trinajstić information content (AvgIpc) is 3.39. The van der Waals surface area contributed by atoms with Crippen LogP contribution in [0.5, 0.6) is 0 Å². The predicted molar refractivity (Wildman–Crippen MR) is 138 cm³/mol. The van der Waals surface area contributed by atoms with Crippen molar-refractivity contribution >= 4 is 85.8 Å². The number of rotatable bonds is 0. The molecule has 0 N–H and O–H groups in total. The van der Waals surface area contributed by atoms with E-state index < -0.39 is 20.8 Å². The molecule has 6 heteroatoms. The summed E-state index contributed by atoms with van der Waals surface area (Å²) in [6.07, 6.45) is 4.49. The minimum atomic E-state index is -0.826. The zero-order valence-electron chi connectivity index (χ0n) is 15.6. The van der Waals surface area contributed by atoms with Gasteiger partial charge in [0, 0.05) is 0 Å². The molecule has 0 spiro atoms. The van der Waals surface area contributed by atoms with E-state index in [0.29, 0.717) is 5.92 Å². The van der Waals surface area contributed by atoms with Crippen LogP contribution in [0.15, 0.2) is 87.6 Å². The molecule has 4 aromatic carbocycles. The standard InChI is InChI=1S/C13H9.C11H6BrS.2ClH.H2S.Zr/c1-3-7-12-10(5-1)9-11-6-2-4-8-13(11)12;12-11-6-9-8-4-2-1-3-7(8)5-10(9)13-11;;;;/h1-9H;1-2,4-6,9H;2*1H;1H2;/q2*-1;;;;+2/p-3. The maximum absolute atomic E-state index is 4.93. The number of hydrogen-bond donors (Lipinski definition) is 0. The number of allylic oxidation sites excluding steroid dienone is 2. The molecular weight excluding hydrogens is 594 g/mol. The molecule has 2 aliphatic rings. The van der Waals surface area contributed by atoms with Gasteiger partial charge in [-0.25, -0.2) is 0 Å². The Bertz CT molecular complexity index is 1170. The van der Waals surface area contributed by atoms with Crippen molar-refractivity contribution in [2.45, 2.75) is 5.92 Å². The molecule has 1 heterocycles. The normalized spacial score (nSPS) is 15.5. The summed E-state index contributed by atoms with van der Waals surface area (Å²) < 4.78 is 1.23. The van der Waals surface area contributed by atoms with Crippen LogP contribution in [-0.2, 0) is 34.3 Å². The van der Waals surface area contributed by atoms with E-state index in [-0.39, 0.29) is 13.5 Å². The Labute approximate surface area is 215 Å². The van der Waals surface area contributed by atoms with Crippen molar-refractivity contribution in [1.29, 1.82) is 0 Å². The van der Waals surface area contributed by atoms with Crippen molar-refractivity contribution < 1.29 is 20.8 Å². The molecule has 0 saturated heterocycles. The molecule has 0 radical (unpaired) electrons. The maximum atomic E-state index is 4.93. The Morgan fingerprint density at radius 3 is 2.17 bits per heavy atom. The Hall–Kier alpha value is -0.347. The van der Waals surface area contributed by atoms with E-state index in [0.717, 1.165) is 0 Å². The van der Waals surface area contributed by atoms with Crippen LogP contribution in [0.2, 0.25) is 0 Å². The summed E-state index contributed by atoms with van der Waals surface area (Å²) >= 11 is 4.50. The number of hydrogen-bond acceptors (Lipinski definition) is 2. The van der Waals surface area contributed by atoms with Gasteiger partial charge in [-0.15, -0.1) is 81.2 Å². The molecule has 1 aliphatic carbocycles. The monoisotopic (exact) mass is 607 g/mol. The molecule has 0 fully saturated rings. The molecule has 1 aliphatic heterocycles. The Morgan fingerprint density at radius 1 is 0.933 bits per heavy atom. The fourth-order valence-electron chi connectivity index (χ4n) is 3.69. The van der Waals surface area contributed by atoms with Gasteiger partial charge in [0.15, 0.2) is 0 Å². The van der Waals surface area contributed by atoms with E-state index in [2.05, 4.69) is 101 Å². The van der Waals surface area contributed by atoms with Gasteiger partial charge in [-0.3, -0.25) is 0 Å². The molecule has 4 aromatic rings. The first-order valence-corrected chi connectivity index (χ1v) is 16.9. The summed E-state index contributed by atoms with van der Waals surface area (Å²) in [7, 11) is 9.87. The third-order valence-electron chi connectivity index (χ3n) is 4.89. The van der Waals surface area contributed by atoms with Crippen LogP contribution >= 0.6 is 44.7 Å². The first kappa shape index (κ1) is 24.3. The van der Waals surface area contributed by atoms with Crippen LogP contribution in [0.4, 0.5) is 0 Å². The SMILES string of the molecule is BrC1=CC2C(=Cc3[c-]cccc32)S1.[Cl][Zr][Cl].[SH-].c1ccc2c(c1)[cH-]c1ccccc12. The molecule has 6 rings (SSSR count). The minimum absolute atomic E-state index is 0. The molecule has 0 amide bonds. The summed E-state index contributed by atoms with van der Waals surface area (Å²) in [6, 6.07) is 28.7. The van der Waals surface area contributed by atoms with E-state index in [1.165, 1.54) is 41.4 Å². The first-order chi connectivity index (χ1) is 14.2. The van der Waals surface area contributed by atoms with E-state index in [9.17, 15) is 0 Å². The molecule has 0 nitrogen and oxygen atoms in total. The third kappa shape index (κ3) is 5.34. The van der Waals surface area contributed by atoms with Crippen molar-refractivity contribution in [1.82, 2.24) is 0 Å². The quantitative estimate of drug-likeness (QED) is 0.111. The van der Waals surface area contributed by atoms with Crippen LogP contribution in [0.25, 0.3) is 27.6 Å².